The molecule has 1 N–H and O–H groups in total. The van der Waals surface area contributed by atoms with Crippen molar-refractivity contribution in [1.82, 2.24) is 10.3 Å². The highest BCUT2D eigenvalue weighted by atomic mass is 16.6. The molecule has 0 aliphatic carbocycles. The van der Waals surface area contributed by atoms with Gasteiger partial charge in [-0.1, -0.05) is 12.1 Å². The van der Waals surface area contributed by atoms with E-state index in [1.165, 1.54) is 0 Å². The number of amides is 1. The third-order valence-electron chi connectivity index (χ3n) is 6.88. The number of ether oxygens (including phenoxy) is 1. The number of nitro benzene ring substituents is 1. The SMILES string of the molecule is COc1ccccc1N1CCN2c3ccc([N+](=O)[O-])cc3C[C@@H](C(=O)NCc3ccncc3)[C@@H]2C1. The van der Waals surface area contributed by atoms with Crippen molar-refractivity contribution in [1.29, 1.82) is 0 Å². The summed E-state index contributed by atoms with van der Waals surface area (Å²) in [6.45, 7) is 2.49. The molecule has 5 rings (SSSR count). The van der Waals surface area contributed by atoms with Crippen LogP contribution in [0.3, 0.4) is 0 Å². The Hall–Kier alpha value is -4.14. The first kappa shape index (κ1) is 22.6. The maximum atomic E-state index is 13.5. The van der Waals surface area contributed by atoms with Crippen LogP contribution in [0.1, 0.15) is 11.1 Å². The smallest absolute Gasteiger partial charge is 0.269 e. The van der Waals surface area contributed by atoms with E-state index in [2.05, 4.69) is 20.1 Å². The number of methoxy groups -OCH3 is 1. The molecule has 35 heavy (non-hydrogen) atoms. The van der Waals surface area contributed by atoms with Crippen LogP contribution in [0.25, 0.3) is 0 Å². The van der Waals surface area contributed by atoms with Crippen molar-refractivity contribution in [2.45, 2.75) is 19.0 Å². The molecule has 0 saturated carbocycles. The number of carbonyl (C=O) groups excluding carboxylic acids is 1. The Balaban J connectivity index is 1.45. The molecule has 1 aromatic heterocycles. The Bertz CT molecular complexity index is 1240. The molecule has 2 aliphatic heterocycles. The maximum Gasteiger partial charge on any atom is 0.269 e. The summed E-state index contributed by atoms with van der Waals surface area (Å²) >= 11 is 0. The van der Waals surface area contributed by atoms with Gasteiger partial charge in [0.2, 0.25) is 5.91 Å². The van der Waals surface area contributed by atoms with Gasteiger partial charge in [0.1, 0.15) is 5.75 Å². The van der Waals surface area contributed by atoms with Crippen LogP contribution in [0, 0.1) is 16.0 Å². The largest absolute Gasteiger partial charge is 0.495 e. The molecule has 0 spiro atoms. The number of hydrogen-bond donors (Lipinski definition) is 1. The van der Waals surface area contributed by atoms with Crippen molar-refractivity contribution < 1.29 is 14.5 Å². The zero-order valence-electron chi connectivity index (χ0n) is 19.5. The molecule has 3 aromatic rings. The molecule has 180 valence electrons. The van der Waals surface area contributed by atoms with Crippen LogP contribution >= 0.6 is 0 Å². The van der Waals surface area contributed by atoms with Crippen molar-refractivity contribution in [3.8, 4) is 5.75 Å². The van der Waals surface area contributed by atoms with Gasteiger partial charge in [0.25, 0.3) is 5.69 Å². The summed E-state index contributed by atoms with van der Waals surface area (Å²) in [4.78, 5) is 33.0. The van der Waals surface area contributed by atoms with Crippen LogP contribution < -0.4 is 19.9 Å². The number of benzene rings is 2. The fourth-order valence-corrected chi connectivity index (χ4v) is 5.15. The third kappa shape index (κ3) is 4.49. The second-order valence-corrected chi connectivity index (χ2v) is 8.83. The van der Waals surface area contributed by atoms with Crippen molar-refractivity contribution >= 4 is 23.0 Å². The minimum absolute atomic E-state index is 0.0470. The van der Waals surface area contributed by atoms with Gasteiger partial charge in [-0.05, 0) is 47.9 Å². The van der Waals surface area contributed by atoms with Crippen molar-refractivity contribution in [3.05, 3.63) is 88.2 Å². The van der Waals surface area contributed by atoms with Gasteiger partial charge in [0, 0.05) is 56.4 Å². The molecule has 1 amide bonds. The molecule has 1 fully saturated rings. The summed E-state index contributed by atoms with van der Waals surface area (Å²) in [6.07, 6.45) is 3.84. The van der Waals surface area contributed by atoms with Gasteiger partial charge in [-0.2, -0.15) is 0 Å². The number of nitrogens with zero attached hydrogens (tertiary/aromatic N) is 4. The second kappa shape index (κ2) is 9.61. The molecule has 0 bridgehead atoms. The minimum atomic E-state index is -0.384. The monoisotopic (exact) mass is 473 g/mol. The van der Waals surface area contributed by atoms with Crippen LogP contribution in [0.15, 0.2) is 67.0 Å². The molecule has 2 aliphatic rings. The minimum Gasteiger partial charge on any atom is -0.495 e. The fraction of sp³-hybridized carbons (Fsp3) is 0.308. The lowest BCUT2D eigenvalue weighted by Crippen LogP contribution is -2.61. The lowest BCUT2D eigenvalue weighted by atomic mass is 9.83. The number of rotatable bonds is 6. The average molecular weight is 474 g/mol. The quantitative estimate of drug-likeness (QED) is 0.433. The molecule has 3 heterocycles. The van der Waals surface area contributed by atoms with Gasteiger partial charge in [0.15, 0.2) is 0 Å². The Morgan fingerprint density at radius 3 is 2.71 bits per heavy atom. The van der Waals surface area contributed by atoms with E-state index < -0.39 is 0 Å². The Labute approximate surface area is 203 Å². The highest BCUT2D eigenvalue weighted by Gasteiger charge is 2.42. The topological polar surface area (TPSA) is 101 Å². The van der Waals surface area contributed by atoms with Gasteiger partial charge in [-0.3, -0.25) is 19.9 Å². The number of aromatic nitrogens is 1. The van der Waals surface area contributed by atoms with Gasteiger partial charge in [-0.25, -0.2) is 0 Å². The number of anilines is 2. The van der Waals surface area contributed by atoms with E-state index in [1.807, 2.05) is 42.5 Å². The highest BCUT2D eigenvalue weighted by molar-refractivity contribution is 5.82. The number of nitro groups is 1. The van der Waals surface area contributed by atoms with Gasteiger partial charge >= 0.3 is 0 Å². The van der Waals surface area contributed by atoms with Crippen LogP contribution in [0.4, 0.5) is 17.1 Å². The highest BCUT2D eigenvalue weighted by Crippen LogP contribution is 2.39. The van der Waals surface area contributed by atoms with E-state index in [-0.39, 0.29) is 28.5 Å². The summed E-state index contributed by atoms with van der Waals surface area (Å²) in [6, 6.07) is 16.5. The van der Waals surface area contributed by atoms with Gasteiger partial charge in [-0.15, -0.1) is 0 Å². The Kier molecular flexibility index (Phi) is 6.22. The van der Waals surface area contributed by atoms with E-state index in [9.17, 15) is 14.9 Å². The summed E-state index contributed by atoms with van der Waals surface area (Å²) < 4.78 is 5.58. The first-order valence-electron chi connectivity index (χ1n) is 11.6. The van der Waals surface area contributed by atoms with E-state index in [0.29, 0.717) is 26.1 Å². The van der Waals surface area contributed by atoms with Crippen LogP contribution in [0.5, 0.6) is 5.75 Å². The van der Waals surface area contributed by atoms with Crippen molar-refractivity contribution in [3.63, 3.8) is 0 Å². The Morgan fingerprint density at radius 1 is 1.14 bits per heavy atom. The lowest BCUT2D eigenvalue weighted by molar-refractivity contribution is -0.384. The van der Waals surface area contributed by atoms with E-state index in [4.69, 9.17) is 4.74 Å². The standard InChI is InChI=1S/C26H27N5O4/c1-35-25-5-3-2-4-23(25)29-12-13-30-22-7-6-20(31(33)34)14-19(22)15-21(24(30)17-29)26(32)28-16-18-8-10-27-11-9-18/h2-11,14,21,24H,12-13,15-17H2,1H3,(H,28,32)/t21-,24+/m1/s1. The predicted molar refractivity (Wildman–Crippen MR) is 133 cm³/mol. The first-order valence-corrected chi connectivity index (χ1v) is 11.6. The molecular weight excluding hydrogens is 446 g/mol. The number of hydrogen-bond acceptors (Lipinski definition) is 7. The van der Waals surface area contributed by atoms with Gasteiger partial charge < -0.3 is 19.9 Å². The zero-order chi connectivity index (χ0) is 24.4. The van der Waals surface area contributed by atoms with E-state index in [0.717, 1.165) is 34.8 Å². The summed E-state index contributed by atoms with van der Waals surface area (Å²) in [5, 5.41) is 14.5. The predicted octanol–water partition coefficient (Wildman–Crippen LogP) is 3.18. The van der Waals surface area contributed by atoms with Crippen LogP contribution in [0.2, 0.25) is 0 Å². The van der Waals surface area contributed by atoms with E-state index in [1.54, 1.807) is 31.6 Å². The Morgan fingerprint density at radius 2 is 1.94 bits per heavy atom. The van der Waals surface area contributed by atoms with Gasteiger partial charge in [0.05, 0.1) is 29.7 Å². The number of piperazine rings is 1. The number of nitrogens with one attached hydrogen (secondary N) is 1. The number of pyridine rings is 1. The summed E-state index contributed by atoms with van der Waals surface area (Å²) in [5.74, 6) is 0.381. The number of para-hydroxylation sites is 2. The molecular formula is C26H27N5O4. The zero-order valence-corrected chi connectivity index (χ0v) is 19.5. The summed E-state index contributed by atoms with van der Waals surface area (Å²) in [5.41, 5.74) is 3.82. The maximum absolute atomic E-state index is 13.5. The molecule has 9 heteroatoms. The first-order chi connectivity index (χ1) is 17.0. The molecule has 2 atom stereocenters. The van der Waals surface area contributed by atoms with Crippen molar-refractivity contribution in [2.24, 2.45) is 5.92 Å². The number of fused-ring (bicyclic) bond motifs is 3. The van der Waals surface area contributed by atoms with Crippen LogP contribution in [-0.4, -0.2) is 48.6 Å². The fourth-order valence-electron chi connectivity index (χ4n) is 5.15. The number of non-ortho nitro benzene ring substituents is 1. The molecule has 0 unspecified atom stereocenters. The normalized spacial score (nSPS) is 18.9. The number of carbonyl (C=O) groups is 1. The van der Waals surface area contributed by atoms with E-state index >= 15 is 0 Å². The molecule has 0 radical (unpaired) electrons. The lowest BCUT2D eigenvalue weighted by Gasteiger charge is -2.49. The molecule has 9 nitrogen and oxygen atoms in total. The molecule has 1 saturated heterocycles. The third-order valence-corrected chi connectivity index (χ3v) is 6.88. The molecule has 2 aromatic carbocycles. The summed E-state index contributed by atoms with van der Waals surface area (Å²) in [7, 11) is 1.66. The average Bonchev–Trinajstić information content (AvgIpc) is 2.91. The van der Waals surface area contributed by atoms with Crippen LogP contribution in [-0.2, 0) is 17.8 Å². The van der Waals surface area contributed by atoms with Crippen molar-refractivity contribution in [2.75, 3.05) is 36.5 Å². The second-order valence-electron chi connectivity index (χ2n) is 8.83.